The largest absolute Gasteiger partial charge is 0.487 e. The van der Waals surface area contributed by atoms with Gasteiger partial charge in [0.25, 0.3) is 5.91 Å². The van der Waals surface area contributed by atoms with Gasteiger partial charge in [0.15, 0.2) is 16.4 Å². The molecule has 0 saturated heterocycles. The number of hydrogen-bond acceptors (Lipinski definition) is 8. The zero-order valence-corrected chi connectivity index (χ0v) is 27.2. The molecule has 0 saturated carbocycles. The Morgan fingerprint density at radius 1 is 0.872 bits per heavy atom. The van der Waals surface area contributed by atoms with Crippen LogP contribution in [0.25, 0.3) is 10.9 Å². The van der Waals surface area contributed by atoms with E-state index < -0.39 is 21.7 Å². The monoisotopic (exact) mass is 672 g/mol. The van der Waals surface area contributed by atoms with Crippen LogP contribution in [0.4, 0.5) is 5.69 Å². The highest BCUT2D eigenvalue weighted by Gasteiger charge is 2.16. The van der Waals surface area contributed by atoms with Gasteiger partial charge in [0.1, 0.15) is 18.1 Å². The molecule has 0 fully saturated rings. The molecule has 0 bridgehead atoms. The van der Waals surface area contributed by atoms with Crippen LogP contribution in [0.15, 0.2) is 108 Å². The second kappa shape index (κ2) is 15.6. The quantitative estimate of drug-likeness (QED) is 0.124. The summed E-state index contributed by atoms with van der Waals surface area (Å²) in [6, 6.07) is 29.6. The molecule has 4 aromatic carbocycles. The van der Waals surface area contributed by atoms with Crippen LogP contribution in [0.1, 0.15) is 35.0 Å². The normalized spacial score (nSPS) is 11.2. The molecular formula is C36H33ClN2O7S. The van der Waals surface area contributed by atoms with Gasteiger partial charge in [0.2, 0.25) is 0 Å². The molecule has 0 aliphatic heterocycles. The van der Waals surface area contributed by atoms with E-state index in [0.717, 1.165) is 22.2 Å². The fraction of sp³-hybridized carbons (Fsp3) is 0.194. The number of fused-ring (bicyclic) bond motifs is 1. The summed E-state index contributed by atoms with van der Waals surface area (Å²) >= 11 is 5.89. The number of para-hydroxylation sites is 1. The number of aryl methyl sites for hydroxylation is 1. The number of nitrogens with zero attached hydrogens (tertiary/aromatic N) is 1. The first-order chi connectivity index (χ1) is 22.7. The number of carbonyl (C=O) groups is 2. The number of anilines is 1. The molecule has 5 rings (SSSR count). The molecule has 1 amide bonds. The number of hydrogen-bond donors (Lipinski definition) is 1. The fourth-order valence-corrected chi connectivity index (χ4v) is 6.20. The maximum Gasteiger partial charge on any atom is 0.344 e. The van der Waals surface area contributed by atoms with Gasteiger partial charge >= 0.3 is 5.97 Å². The summed E-state index contributed by atoms with van der Waals surface area (Å²) in [5, 5.41) is 4.37. The van der Waals surface area contributed by atoms with Gasteiger partial charge in [0, 0.05) is 16.0 Å². The molecule has 9 nitrogen and oxygen atoms in total. The molecular weight excluding hydrogens is 640 g/mol. The molecule has 0 spiro atoms. The third-order valence-corrected chi connectivity index (χ3v) is 9.22. The first-order valence-corrected chi connectivity index (χ1v) is 17.0. The summed E-state index contributed by atoms with van der Waals surface area (Å²) in [5.74, 6) is -0.174. The van der Waals surface area contributed by atoms with Gasteiger partial charge in [-0.3, -0.25) is 4.79 Å². The minimum Gasteiger partial charge on any atom is -0.487 e. The molecule has 1 aromatic heterocycles. The van der Waals surface area contributed by atoms with Crippen LogP contribution in [0, 0.1) is 0 Å². The average Bonchev–Trinajstić information content (AvgIpc) is 3.07. The molecule has 0 atom stereocenters. The zero-order chi connectivity index (χ0) is 33.2. The molecule has 0 radical (unpaired) electrons. The van der Waals surface area contributed by atoms with Crippen LogP contribution in [-0.2, 0) is 32.4 Å². The Morgan fingerprint density at radius 2 is 1.64 bits per heavy atom. The number of ether oxygens (including phenoxy) is 3. The highest BCUT2D eigenvalue weighted by molar-refractivity contribution is 7.91. The minimum absolute atomic E-state index is 0.0667. The Bertz CT molecular complexity index is 1960. The average molecular weight is 673 g/mol. The van der Waals surface area contributed by atoms with Crippen molar-refractivity contribution in [1.82, 2.24) is 4.98 Å². The fourth-order valence-electron chi connectivity index (χ4n) is 4.76. The number of nitrogens with one attached hydrogen (secondary N) is 1. The van der Waals surface area contributed by atoms with Crippen LogP contribution < -0.4 is 14.8 Å². The molecule has 0 unspecified atom stereocenters. The van der Waals surface area contributed by atoms with Crippen molar-refractivity contribution in [2.24, 2.45) is 0 Å². The third kappa shape index (κ3) is 9.31. The van der Waals surface area contributed by atoms with Gasteiger partial charge in [-0.05, 0) is 98.1 Å². The minimum atomic E-state index is -3.49. The van der Waals surface area contributed by atoms with E-state index in [9.17, 15) is 18.0 Å². The first kappa shape index (κ1) is 33.4. The van der Waals surface area contributed by atoms with Crippen LogP contribution >= 0.6 is 11.6 Å². The maximum absolute atomic E-state index is 13.3. The van der Waals surface area contributed by atoms with E-state index in [1.54, 1.807) is 61.5 Å². The van der Waals surface area contributed by atoms with Crippen molar-refractivity contribution in [3.8, 4) is 11.5 Å². The van der Waals surface area contributed by atoms with Crippen molar-refractivity contribution < 1.29 is 32.2 Å². The van der Waals surface area contributed by atoms with Gasteiger partial charge in [-0.1, -0.05) is 41.9 Å². The Labute approximate surface area is 278 Å². The predicted octanol–water partition coefficient (Wildman–Crippen LogP) is 7.07. The first-order valence-electron chi connectivity index (χ1n) is 15.0. The van der Waals surface area contributed by atoms with Crippen LogP contribution in [-0.4, -0.2) is 44.2 Å². The summed E-state index contributed by atoms with van der Waals surface area (Å²) in [7, 11) is -3.49. The maximum atomic E-state index is 13.3. The van der Waals surface area contributed by atoms with E-state index >= 15 is 0 Å². The van der Waals surface area contributed by atoms with Crippen LogP contribution in [0.3, 0.4) is 0 Å². The molecule has 0 aliphatic rings. The lowest BCUT2D eigenvalue weighted by atomic mass is 10.1. The van der Waals surface area contributed by atoms with Gasteiger partial charge in [-0.15, -0.1) is 0 Å². The van der Waals surface area contributed by atoms with Gasteiger partial charge in [0.05, 0.1) is 34.2 Å². The number of rotatable bonds is 14. The molecule has 1 N–H and O–H groups in total. The Balaban J connectivity index is 1.24. The number of esters is 1. The molecule has 11 heteroatoms. The topological polar surface area (TPSA) is 121 Å². The number of carbonyl (C=O) groups excluding carboxylic acids is 2. The standard InChI is InChI=1S/C36H33ClN2O7S/c1-2-44-35(40)24-46-34-20-9-25(6-5-21-47(42,43)31-18-13-28(37)14-19-31)22-33(34)39-36(41)27-11-16-30(17-12-27)45-23-29-15-10-26-7-3-4-8-32(26)38-29/h3-4,7-20,22H,2,5-6,21,23-24H2,1H3,(H,39,41). The van der Waals surface area contributed by atoms with Crippen molar-refractivity contribution in [2.45, 2.75) is 31.3 Å². The van der Waals surface area contributed by atoms with Crippen molar-refractivity contribution in [3.63, 3.8) is 0 Å². The van der Waals surface area contributed by atoms with E-state index in [2.05, 4.69) is 10.3 Å². The smallest absolute Gasteiger partial charge is 0.344 e. The van der Waals surface area contributed by atoms with Gasteiger partial charge in [-0.25, -0.2) is 18.2 Å². The number of pyridine rings is 1. The highest BCUT2D eigenvalue weighted by Crippen LogP contribution is 2.28. The number of halogens is 1. The van der Waals surface area contributed by atoms with Crippen molar-refractivity contribution in [3.05, 3.63) is 125 Å². The van der Waals surface area contributed by atoms with Crippen molar-refractivity contribution in [2.75, 3.05) is 24.3 Å². The third-order valence-electron chi connectivity index (χ3n) is 7.15. The summed E-state index contributed by atoms with van der Waals surface area (Å²) in [6.45, 7) is 1.84. The SMILES string of the molecule is CCOC(=O)COc1ccc(CCCS(=O)(=O)c2ccc(Cl)cc2)cc1NC(=O)c1ccc(OCc2ccc3ccccc3n2)cc1. The van der Waals surface area contributed by atoms with Crippen LogP contribution in [0.5, 0.6) is 11.5 Å². The van der Waals surface area contributed by atoms with E-state index in [1.165, 1.54) is 12.1 Å². The lowest BCUT2D eigenvalue weighted by Crippen LogP contribution is -2.17. The molecule has 0 aliphatic carbocycles. The zero-order valence-electron chi connectivity index (χ0n) is 25.6. The molecule has 1 heterocycles. The Hall–Kier alpha value is -4.93. The number of sulfone groups is 1. The second-order valence-corrected chi connectivity index (χ2v) is 13.1. The second-order valence-electron chi connectivity index (χ2n) is 10.6. The van der Waals surface area contributed by atoms with E-state index in [-0.39, 0.29) is 36.2 Å². The molecule has 5 aromatic rings. The number of benzene rings is 4. The van der Waals surface area contributed by atoms with Crippen molar-refractivity contribution in [1.29, 1.82) is 0 Å². The summed E-state index contributed by atoms with van der Waals surface area (Å²) in [6.07, 6.45) is 0.767. The lowest BCUT2D eigenvalue weighted by molar-refractivity contribution is -0.145. The number of aromatic nitrogens is 1. The van der Waals surface area contributed by atoms with E-state index in [4.69, 9.17) is 25.8 Å². The van der Waals surface area contributed by atoms with Crippen LogP contribution in [0.2, 0.25) is 5.02 Å². The highest BCUT2D eigenvalue weighted by atomic mass is 35.5. The summed E-state index contributed by atoms with van der Waals surface area (Å²) < 4.78 is 42.0. The Kier molecular flexibility index (Phi) is 11.1. The van der Waals surface area contributed by atoms with Gasteiger partial charge < -0.3 is 19.5 Å². The van der Waals surface area contributed by atoms with E-state index in [0.29, 0.717) is 34.9 Å². The molecule has 47 heavy (non-hydrogen) atoms. The van der Waals surface area contributed by atoms with Crippen molar-refractivity contribution >= 4 is 49.9 Å². The number of amides is 1. The van der Waals surface area contributed by atoms with Gasteiger partial charge in [-0.2, -0.15) is 0 Å². The summed E-state index contributed by atoms with van der Waals surface area (Å²) in [5.41, 5.74) is 3.15. The predicted molar refractivity (Wildman–Crippen MR) is 181 cm³/mol. The lowest BCUT2D eigenvalue weighted by Gasteiger charge is -2.14. The molecule has 242 valence electrons. The summed E-state index contributed by atoms with van der Waals surface area (Å²) in [4.78, 5) is 30.0. The van der Waals surface area contributed by atoms with E-state index in [1.807, 2.05) is 36.4 Å². The Morgan fingerprint density at radius 3 is 2.40 bits per heavy atom.